The molecule has 0 aliphatic carbocycles. The van der Waals surface area contributed by atoms with Crippen molar-refractivity contribution in [3.05, 3.63) is 27.7 Å². The van der Waals surface area contributed by atoms with E-state index in [0.717, 1.165) is 28.2 Å². The van der Waals surface area contributed by atoms with E-state index in [1.165, 1.54) is 0 Å². The van der Waals surface area contributed by atoms with Gasteiger partial charge in [-0.1, -0.05) is 11.6 Å². The number of hydrogen-bond donors (Lipinski definition) is 1. The van der Waals surface area contributed by atoms with Gasteiger partial charge < -0.3 is 10.1 Å². The van der Waals surface area contributed by atoms with Gasteiger partial charge in [0.25, 0.3) is 0 Å². The molecule has 15 heavy (non-hydrogen) atoms. The molecule has 0 heterocycles. The lowest BCUT2D eigenvalue weighted by molar-refractivity contribution is 0.191. The van der Waals surface area contributed by atoms with Crippen molar-refractivity contribution < 1.29 is 4.74 Å². The minimum absolute atomic E-state index is 0.377. The Hall–Kier alpha value is -0.250. The van der Waals surface area contributed by atoms with Crippen molar-refractivity contribution in [2.24, 2.45) is 0 Å². The zero-order valence-corrected chi connectivity index (χ0v) is 11.2. The van der Waals surface area contributed by atoms with E-state index in [4.69, 9.17) is 16.3 Å². The van der Waals surface area contributed by atoms with Crippen LogP contribution in [0.15, 0.2) is 22.7 Å². The van der Waals surface area contributed by atoms with Crippen molar-refractivity contribution in [1.82, 2.24) is 0 Å². The maximum absolute atomic E-state index is 5.86. The maximum Gasteiger partial charge on any atom is 0.0487 e. The van der Waals surface area contributed by atoms with E-state index in [1.54, 1.807) is 7.11 Å². The molecule has 0 radical (unpaired) electrons. The van der Waals surface area contributed by atoms with E-state index >= 15 is 0 Å². The Labute approximate surface area is 104 Å². The summed E-state index contributed by atoms with van der Waals surface area (Å²) in [6.07, 6.45) is 0.978. The lowest BCUT2D eigenvalue weighted by Gasteiger charge is -2.16. The molecule has 4 heteroatoms. The minimum Gasteiger partial charge on any atom is -0.385 e. The van der Waals surface area contributed by atoms with Crippen LogP contribution in [0.1, 0.15) is 13.3 Å². The molecular weight excluding hydrogens is 277 g/mol. The van der Waals surface area contributed by atoms with E-state index < -0.39 is 0 Å². The Morgan fingerprint density at radius 1 is 1.53 bits per heavy atom. The van der Waals surface area contributed by atoms with Crippen LogP contribution in [0.25, 0.3) is 0 Å². The summed E-state index contributed by atoms with van der Waals surface area (Å²) in [6, 6.07) is 6.10. The van der Waals surface area contributed by atoms with Gasteiger partial charge in [0.1, 0.15) is 0 Å². The molecule has 1 aromatic carbocycles. The number of hydrogen-bond acceptors (Lipinski definition) is 2. The monoisotopic (exact) mass is 291 g/mol. The lowest BCUT2D eigenvalue weighted by Crippen LogP contribution is -2.17. The zero-order valence-electron chi connectivity index (χ0n) is 8.89. The quantitative estimate of drug-likeness (QED) is 0.887. The molecule has 0 fully saturated rings. The largest absolute Gasteiger partial charge is 0.385 e. The van der Waals surface area contributed by atoms with Crippen molar-refractivity contribution in [2.75, 3.05) is 19.0 Å². The van der Waals surface area contributed by atoms with Gasteiger partial charge in [-0.15, -0.1) is 0 Å². The Bertz CT molecular complexity index is 319. The molecule has 0 bridgehead atoms. The number of ether oxygens (including phenoxy) is 1. The summed E-state index contributed by atoms with van der Waals surface area (Å²) in [6.45, 7) is 2.89. The first kappa shape index (κ1) is 12.8. The molecule has 0 amide bonds. The standard InChI is InChI=1S/C11H15BrClNO/c1-8(5-6-15-2)14-11-4-3-9(13)7-10(11)12/h3-4,7-8,14H,5-6H2,1-2H3. The third-order valence-corrected chi connectivity index (χ3v) is 2.98. The predicted octanol–water partition coefficient (Wildman–Crippen LogP) is 3.94. The normalized spacial score (nSPS) is 12.5. The number of methoxy groups -OCH3 is 1. The van der Waals surface area contributed by atoms with Gasteiger partial charge in [-0.05, 0) is 47.5 Å². The Morgan fingerprint density at radius 3 is 2.87 bits per heavy atom. The van der Waals surface area contributed by atoms with Gasteiger partial charge >= 0.3 is 0 Å². The SMILES string of the molecule is COCCC(C)Nc1ccc(Cl)cc1Br. The number of benzene rings is 1. The van der Waals surface area contributed by atoms with Gasteiger partial charge in [0.15, 0.2) is 0 Å². The average molecular weight is 293 g/mol. The van der Waals surface area contributed by atoms with E-state index in [-0.39, 0.29) is 0 Å². The van der Waals surface area contributed by atoms with Gasteiger partial charge in [-0.3, -0.25) is 0 Å². The van der Waals surface area contributed by atoms with Crippen LogP contribution in [0.5, 0.6) is 0 Å². The summed E-state index contributed by atoms with van der Waals surface area (Å²) in [5.41, 5.74) is 1.06. The smallest absolute Gasteiger partial charge is 0.0487 e. The molecule has 1 N–H and O–H groups in total. The van der Waals surface area contributed by atoms with Gasteiger partial charge in [-0.2, -0.15) is 0 Å². The molecule has 1 aromatic rings. The van der Waals surface area contributed by atoms with Crippen LogP contribution in [0.2, 0.25) is 5.02 Å². The first-order chi connectivity index (χ1) is 7.13. The average Bonchev–Trinajstić information content (AvgIpc) is 2.19. The fourth-order valence-corrected chi connectivity index (χ4v) is 2.04. The van der Waals surface area contributed by atoms with Gasteiger partial charge in [-0.25, -0.2) is 0 Å². The zero-order chi connectivity index (χ0) is 11.3. The molecular formula is C11H15BrClNO. The second-order valence-electron chi connectivity index (χ2n) is 3.45. The van der Waals surface area contributed by atoms with Crippen LogP contribution in [0.3, 0.4) is 0 Å². The van der Waals surface area contributed by atoms with Gasteiger partial charge in [0, 0.05) is 34.9 Å². The fraction of sp³-hybridized carbons (Fsp3) is 0.455. The first-order valence-electron chi connectivity index (χ1n) is 4.84. The summed E-state index contributed by atoms with van der Waals surface area (Å²) in [5.74, 6) is 0. The van der Waals surface area contributed by atoms with Gasteiger partial charge in [0.2, 0.25) is 0 Å². The Kier molecular flexibility index (Phi) is 5.43. The molecule has 0 aromatic heterocycles. The Morgan fingerprint density at radius 2 is 2.27 bits per heavy atom. The summed E-state index contributed by atoms with van der Waals surface area (Å²) < 4.78 is 6.01. The highest BCUT2D eigenvalue weighted by Crippen LogP contribution is 2.26. The van der Waals surface area contributed by atoms with Crippen molar-refractivity contribution in [3.63, 3.8) is 0 Å². The Balaban J connectivity index is 2.56. The first-order valence-corrected chi connectivity index (χ1v) is 6.01. The molecule has 2 nitrogen and oxygen atoms in total. The molecule has 1 atom stereocenters. The van der Waals surface area contributed by atoms with Gasteiger partial charge in [0.05, 0.1) is 0 Å². The molecule has 0 spiro atoms. The van der Waals surface area contributed by atoms with Crippen molar-refractivity contribution >= 4 is 33.2 Å². The van der Waals surface area contributed by atoms with Crippen molar-refractivity contribution in [3.8, 4) is 0 Å². The van der Waals surface area contributed by atoms with Crippen LogP contribution in [-0.2, 0) is 4.74 Å². The maximum atomic E-state index is 5.86. The molecule has 0 saturated carbocycles. The van der Waals surface area contributed by atoms with Crippen LogP contribution in [0.4, 0.5) is 5.69 Å². The van der Waals surface area contributed by atoms with E-state index in [2.05, 4.69) is 28.2 Å². The third-order valence-electron chi connectivity index (χ3n) is 2.09. The predicted molar refractivity (Wildman–Crippen MR) is 68.7 cm³/mol. The highest BCUT2D eigenvalue weighted by Gasteiger charge is 2.05. The molecule has 0 aliphatic heterocycles. The molecule has 1 unspecified atom stereocenters. The number of anilines is 1. The summed E-state index contributed by atoms with van der Waals surface area (Å²) in [5, 5.41) is 4.12. The van der Waals surface area contributed by atoms with Crippen molar-refractivity contribution in [2.45, 2.75) is 19.4 Å². The molecule has 0 saturated heterocycles. The molecule has 84 valence electrons. The molecule has 0 aliphatic rings. The minimum atomic E-state index is 0.377. The highest BCUT2D eigenvalue weighted by molar-refractivity contribution is 9.10. The van der Waals surface area contributed by atoms with Crippen LogP contribution in [-0.4, -0.2) is 19.8 Å². The van der Waals surface area contributed by atoms with Crippen LogP contribution >= 0.6 is 27.5 Å². The van der Waals surface area contributed by atoms with Crippen LogP contribution in [0, 0.1) is 0 Å². The third kappa shape index (κ3) is 4.41. The second kappa shape index (κ2) is 6.36. The van der Waals surface area contributed by atoms with E-state index in [1.807, 2.05) is 18.2 Å². The van der Waals surface area contributed by atoms with Crippen LogP contribution < -0.4 is 5.32 Å². The summed E-state index contributed by atoms with van der Waals surface area (Å²) in [7, 11) is 1.71. The topological polar surface area (TPSA) is 21.3 Å². The second-order valence-corrected chi connectivity index (χ2v) is 4.74. The fourth-order valence-electron chi connectivity index (χ4n) is 1.24. The lowest BCUT2D eigenvalue weighted by atomic mass is 10.2. The summed E-state index contributed by atoms with van der Waals surface area (Å²) >= 11 is 9.32. The van der Waals surface area contributed by atoms with E-state index in [0.29, 0.717) is 6.04 Å². The number of nitrogens with one attached hydrogen (secondary N) is 1. The van der Waals surface area contributed by atoms with Crippen molar-refractivity contribution in [1.29, 1.82) is 0 Å². The summed E-state index contributed by atoms with van der Waals surface area (Å²) in [4.78, 5) is 0. The molecule has 1 rings (SSSR count). The van der Waals surface area contributed by atoms with E-state index in [9.17, 15) is 0 Å². The number of halogens is 2. The highest BCUT2D eigenvalue weighted by atomic mass is 79.9. The number of rotatable bonds is 5.